The van der Waals surface area contributed by atoms with Gasteiger partial charge in [-0.1, -0.05) is 110 Å². The van der Waals surface area contributed by atoms with Gasteiger partial charge in [-0.3, -0.25) is 0 Å². The predicted molar refractivity (Wildman–Crippen MR) is 263 cm³/mol. The lowest BCUT2D eigenvalue weighted by Crippen LogP contribution is -2.12. The van der Waals surface area contributed by atoms with Crippen molar-refractivity contribution in [3.8, 4) is 0 Å². The van der Waals surface area contributed by atoms with Crippen LogP contribution in [0.15, 0.2) is 86.2 Å². The second-order valence-electron chi connectivity index (χ2n) is 20.5. The summed E-state index contributed by atoms with van der Waals surface area (Å²) < 4.78 is 3.38. The third-order valence-corrected chi connectivity index (χ3v) is 15.4. The normalized spacial score (nSPS) is 14.3. The van der Waals surface area contributed by atoms with Crippen LogP contribution in [0.3, 0.4) is 0 Å². The van der Waals surface area contributed by atoms with E-state index < -0.39 is 0 Å². The first-order chi connectivity index (χ1) is 26.9. The molecule has 13 aromatic rings. The molecular formula is C54H39Br3. The smallest absolute Gasteiger partial charge is 0.0188 e. The van der Waals surface area contributed by atoms with Crippen molar-refractivity contribution in [2.45, 2.75) is 78.6 Å². The average Bonchev–Trinajstić information content (AvgIpc) is 3.13. The lowest BCUT2D eigenvalue weighted by atomic mass is 9.71. The van der Waals surface area contributed by atoms with Gasteiger partial charge in [-0.2, -0.15) is 0 Å². The highest BCUT2D eigenvalue weighted by Crippen LogP contribution is 2.61. The Hall–Kier alpha value is -4.02. The zero-order valence-electron chi connectivity index (χ0n) is 33.6. The van der Waals surface area contributed by atoms with E-state index in [1.165, 1.54) is 146 Å². The zero-order valence-corrected chi connectivity index (χ0v) is 38.3. The SMILES string of the molecule is CC(C)(C)c1cc2c3cc(Br)cc4c5cc(C(C)(C)C)cc6c7cc(Br)cc8c9cc(C(C)(C)C)cc%10c%11cc(Br)cc%12c(c1)c2c1c(c34)c(c56)c(c78)c(c%109)c1c%12%11. The maximum Gasteiger partial charge on any atom is 0.0188 e. The molecule has 0 saturated carbocycles. The van der Waals surface area contributed by atoms with Gasteiger partial charge in [0.25, 0.3) is 0 Å². The van der Waals surface area contributed by atoms with Crippen LogP contribution in [0.25, 0.3) is 129 Å². The molecule has 0 N–H and O–H groups in total. The molecule has 0 fully saturated rings. The highest BCUT2D eigenvalue weighted by molar-refractivity contribution is 9.11. The van der Waals surface area contributed by atoms with Crippen LogP contribution < -0.4 is 0 Å². The van der Waals surface area contributed by atoms with Crippen molar-refractivity contribution in [3.05, 3.63) is 103 Å². The average molecular weight is 928 g/mol. The fraction of sp³-hybridized carbons (Fsp3) is 0.222. The predicted octanol–water partition coefficient (Wildman–Crippen LogP) is 18.3. The van der Waals surface area contributed by atoms with Crippen LogP contribution in [0.4, 0.5) is 0 Å². The Labute approximate surface area is 355 Å². The molecule has 3 heteroatoms. The molecule has 0 saturated heterocycles. The van der Waals surface area contributed by atoms with Crippen LogP contribution in [0.5, 0.6) is 0 Å². The fourth-order valence-electron chi connectivity index (χ4n) is 11.5. The molecule has 0 aromatic heterocycles. The van der Waals surface area contributed by atoms with Gasteiger partial charge in [-0.05, 0) is 235 Å². The maximum atomic E-state index is 4.09. The van der Waals surface area contributed by atoms with Crippen LogP contribution in [-0.4, -0.2) is 0 Å². The Morgan fingerprint density at radius 1 is 0.228 bits per heavy atom. The second-order valence-corrected chi connectivity index (χ2v) is 23.2. The first kappa shape index (κ1) is 33.9. The summed E-state index contributed by atoms with van der Waals surface area (Å²) in [5, 5.41) is 33.3. The molecule has 13 aromatic carbocycles. The monoisotopic (exact) mass is 924 g/mol. The molecule has 0 aliphatic rings. The van der Waals surface area contributed by atoms with Crippen molar-refractivity contribution in [2.24, 2.45) is 0 Å². The van der Waals surface area contributed by atoms with E-state index in [0.29, 0.717) is 0 Å². The Kier molecular flexibility index (Phi) is 5.97. The summed E-state index contributed by atoms with van der Waals surface area (Å²) in [5.74, 6) is 0. The van der Waals surface area contributed by atoms with E-state index >= 15 is 0 Å². The third kappa shape index (κ3) is 3.92. The number of hydrogen-bond acceptors (Lipinski definition) is 0. The molecule has 0 aliphatic carbocycles. The van der Waals surface area contributed by atoms with E-state index in [2.05, 4.69) is 183 Å². The Morgan fingerprint density at radius 3 is 0.509 bits per heavy atom. The molecule has 13 rings (SSSR count). The minimum atomic E-state index is -0.0350. The van der Waals surface area contributed by atoms with E-state index in [4.69, 9.17) is 0 Å². The van der Waals surface area contributed by atoms with Gasteiger partial charge in [0.1, 0.15) is 0 Å². The van der Waals surface area contributed by atoms with Crippen LogP contribution in [0.2, 0.25) is 0 Å². The number of benzene rings is 13. The molecule has 0 heterocycles. The summed E-state index contributed by atoms with van der Waals surface area (Å²) in [6.07, 6.45) is 0. The van der Waals surface area contributed by atoms with Crippen molar-refractivity contribution in [3.63, 3.8) is 0 Å². The number of halogens is 3. The quantitative estimate of drug-likeness (QED) is 0.105. The first-order valence-corrected chi connectivity index (χ1v) is 22.6. The molecule has 0 atom stereocenters. The molecule has 0 unspecified atom stereocenters. The molecule has 276 valence electrons. The van der Waals surface area contributed by atoms with E-state index in [0.717, 1.165) is 13.4 Å². The number of hydrogen-bond donors (Lipinski definition) is 0. The summed E-state index contributed by atoms with van der Waals surface area (Å²) in [6.45, 7) is 21.3. The molecule has 0 nitrogen and oxygen atoms in total. The van der Waals surface area contributed by atoms with Gasteiger partial charge in [0.05, 0.1) is 0 Å². The summed E-state index contributed by atoms with van der Waals surface area (Å²) in [4.78, 5) is 0. The summed E-state index contributed by atoms with van der Waals surface area (Å²) in [5.41, 5.74) is 4.01. The van der Waals surface area contributed by atoms with Crippen molar-refractivity contribution in [1.29, 1.82) is 0 Å². The van der Waals surface area contributed by atoms with Crippen molar-refractivity contribution < 1.29 is 0 Å². The van der Waals surface area contributed by atoms with Gasteiger partial charge < -0.3 is 0 Å². The van der Waals surface area contributed by atoms with Crippen LogP contribution in [-0.2, 0) is 16.2 Å². The topological polar surface area (TPSA) is 0 Å². The highest BCUT2D eigenvalue weighted by Gasteiger charge is 2.34. The largest absolute Gasteiger partial charge is 0.0561 e. The van der Waals surface area contributed by atoms with Crippen LogP contribution in [0, 0.1) is 0 Å². The van der Waals surface area contributed by atoms with Crippen molar-refractivity contribution >= 4 is 177 Å². The molecule has 0 bridgehead atoms. The van der Waals surface area contributed by atoms with Crippen molar-refractivity contribution in [2.75, 3.05) is 0 Å². The van der Waals surface area contributed by atoms with Gasteiger partial charge >= 0.3 is 0 Å². The molecule has 0 aliphatic heterocycles. The van der Waals surface area contributed by atoms with Gasteiger partial charge in [0.15, 0.2) is 0 Å². The minimum absolute atomic E-state index is 0.0350. The highest BCUT2D eigenvalue weighted by atomic mass is 79.9. The van der Waals surface area contributed by atoms with Gasteiger partial charge in [-0.25, -0.2) is 0 Å². The Balaban J connectivity index is 1.53. The summed E-state index contributed by atoms with van der Waals surface area (Å²) in [6, 6.07) is 29.8. The minimum Gasteiger partial charge on any atom is -0.0561 e. The van der Waals surface area contributed by atoms with E-state index in [9.17, 15) is 0 Å². The molecular weight excluding hydrogens is 888 g/mol. The van der Waals surface area contributed by atoms with Crippen molar-refractivity contribution in [1.82, 2.24) is 0 Å². The fourth-order valence-corrected chi connectivity index (χ4v) is 12.8. The number of fused-ring (bicyclic) bond motifs is 6. The first-order valence-electron chi connectivity index (χ1n) is 20.2. The lowest BCUT2D eigenvalue weighted by Gasteiger charge is -2.31. The van der Waals surface area contributed by atoms with Crippen LogP contribution >= 0.6 is 47.8 Å². The summed E-state index contributed by atoms with van der Waals surface area (Å²) in [7, 11) is 0. The maximum absolute atomic E-state index is 4.09. The van der Waals surface area contributed by atoms with E-state index in [1.807, 2.05) is 0 Å². The van der Waals surface area contributed by atoms with Crippen LogP contribution in [0.1, 0.15) is 79.0 Å². The summed E-state index contributed by atoms with van der Waals surface area (Å²) >= 11 is 12.3. The van der Waals surface area contributed by atoms with Gasteiger partial charge in [0, 0.05) is 13.4 Å². The Morgan fingerprint density at radius 2 is 0.368 bits per heavy atom. The van der Waals surface area contributed by atoms with E-state index in [-0.39, 0.29) is 16.2 Å². The molecule has 0 amide bonds. The van der Waals surface area contributed by atoms with Gasteiger partial charge in [-0.15, -0.1) is 0 Å². The van der Waals surface area contributed by atoms with Gasteiger partial charge in [0.2, 0.25) is 0 Å². The lowest BCUT2D eigenvalue weighted by molar-refractivity contribution is 0.591. The number of rotatable bonds is 0. The van der Waals surface area contributed by atoms with E-state index in [1.54, 1.807) is 0 Å². The Bertz CT molecular complexity index is 3310. The second kappa shape index (κ2) is 10.0. The standard InChI is InChI=1S/C54H39Br3/c1-52(2,3)22-10-28-34-16-25(55)18-36-30-12-23(53(4,5)6)14-32-38-20-27(57)21-39-33-15-24(54(7,8)9)13-31-37-19-26(56)17-35-29(11-22)40(28)46-49(43(34)36)47(41(30)32)51(45(38)39)48(42(31)33)50(46)44(35)37/h10-21H,1-9H3. The molecule has 57 heavy (non-hydrogen) atoms. The third-order valence-electron chi connectivity index (χ3n) is 14.1. The molecule has 0 radical (unpaired) electrons. The molecule has 0 spiro atoms. The zero-order chi connectivity index (χ0) is 39.3.